The maximum absolute atomic E-state index is 11.4. The van der Waals surface area contributed by atoms with Crippen LogP contribution in [0.15, 0.2) is 18.2 Å². The second-order valence-electron chi connectivity index (χ2n) is 2.91. The minimum Gasteiger partial charge on any atom is -0.490 e. The fourth-order valence-corrected chi connectivity index (χ4v) is 1.14. The number of nitrogens with two attached hydrogens (primary N) is 1. The van der Waals surface area contributed by atoms with Gasteiger partial charge in [0.2, 0.25) is 0 Å². The van der Waals surface area contributed by atoms with Crippen molar-refractivity contribution in [2.24, 2.45) is 0 Å². The topological polar surface area (TPSA) is 84.6 Å². The van der Waals surface area contributed by atoms with Gasteiger partial charge in [0, 0.05) is 18.8 Å². The first-order valence-electron chi connectivity index (χ1n) is 4.54. The number of aliphatic hydroxyl groups is 1. The van der Waals surface area contributed by atoms with E-state index >= 15 is 0 Å². The molecule has 5 nitrogen and oxygen atoms in total. The Morgan fingerprint density at radius 1 is 1.60 bits per heavy atom. The lowest BCUT2D eigenvalue weighted by Crippen LogP contribution is -2.19. The first kappa shape index (κ1) is 11.3. The van der Waals surface area contributed by atoms with Gasteiger partial charge in [-0.3, -0.25) is 4.79 Å². The number of nitrogen functional groups attached to an aromatic ring is 1. The molecule has 82 valence electrons. The summed E-state index contributed by atoms with van der Waals surface area (Å²) in [6.45, 7) is 0.0232. The Kier molecular flexibility index (Phi) is 3.93. The van der Waals surface area contributed by atoms with E-state index in [9.17, 15) is 4.79 Å². The molecule has 1 aromatic carbocycles. The molecule has 0 heterocycles. The molecule has 15 heavy (non-hydrogen) atoms. The van der Waals surface area contributed by atoms with Crippen molar-refractivity contribution in [3.63, 3.8) is 0 Å². The van der Waals surface area contributed by atoms with Crippen molar-refractivity contribution in [1.82, 2.24) is 5.32 Å². The molecule has 0 unspecified atom stereocenters. The maximum atomic E-state index is 11.4. The van der Waals surface area contributed by atoms with Crippen molar-refractivity contribution in [2.45, 2.75) is 0 Å². The van der Waals surface area contributed by atoms with Crippen LogP contribution >= 0.6 is 0 Å². The Hall–Kier alpha value is -1.75. The Bertz CT molecular complexity index is 353. The Labute approximate surface area is 87.9 Å². The van der Waals surface area contributed by atoms with Crippen LogP contribution in [0.4, 0.5) is 5.69 Å². The van der Waals surface area contributed by atoms with Gasteiger partial charge in [0.15, 0.2) is 0 Å². The van der Waals surface area contributed by atoms with E-state index in [2.05, 4.69) is 5.32 Å². The molecular weight excluding hydrogens is 196 g/mol. The Morgan fingerprint density at radius 2 is 2.33 bits per heavy atom. The number of benzene rings is 1. The van der Waals surface area contributed by atoms with Crippen molar-refractivity contribution in [3.8, 4) is 5.75 Å². The number of nitrogens with one attached hydrogen (secondary N) is 1. The molecule has 1 aromatic rings. The normalized spacial score (nSPS) is 9.73. The Balaban J connectivity index is 2.97. The molecule has 4 N–H and O–H groups in total. The first-order chi connectivity index (χ1) is 7.19. The lowest BCUT2D eigenvalue weighted by Gasteiger charge is -2.10. The molecule has 0 fully saturated rings. The molecule has 1 amide bonds. The predicted octanol–water partition coefficient (Wildman–Crippen LogP) is -0.000500. The summed E-state index contributed by atoms with van der Waals surface area (Å²) < 4.78 is 5.20. The van der Waals surface area contributed by atoms with E-state index in [0.29, 0.717) is 17.0 Å². The SMILES string of the molecule is CNC(=O)c1ccc(N)cc1OCCO. The van der Waals surface area contributed by atoms with E-state index in [-0.39, 0.29) is 19.1 Å². The summed E-state index contributed by atoms with van der Waals surface area (Å²) in [6.07, 6.45) is 0. The van der Waals surface area contributed by atoms with Crippen LogP contribution in [0.25, 0.3) is 0 Å². The number of ether oxygens (including phenoxy) is 1. The third-order valence-corrected chi connectivity index (χ3v) is 1.83. The highest BCUT2D eigenvalue weighted by molar-refractivity contribution is 5.97. The zero-order valence-corrected chi connectivity index (χ0v) is 8.49. The van der Waals surface area contributed by atoms with Crippen molar-refractivity contribution in [3.05, 3.63) is 23.8 Å². The molecule has 0 spiro atoms. The quantitative estimate of drug-likeness (QED) is 0.611. The van der Waals surface area contributed by atoms with Crippen LogP contribution in [-0.4, -0.2) is 31.3 Å². The zero-order valence-electron chi connectivity index (χ0n) is 8.49. The standard InChI is InChI=1S/C10H14N2O3/c1-12-10(14)8-3-2-7(11)6-9(8)15-5-4-13/h2-3,6,13H,4-5,11H2,1H3,(H,12,14). The molecule has 0 atom stereocenters. The van der Waals surface area contributed by atoms with Crippen LogP contribution in [0.5, 0.6) is 5.75 Å². The van der Waals surface area contributed by atoms with E-state index in [1.54, 1.807) is 18.2 Å². The van der Waals surface area contributed by atoms with E-state index < -0.39 is 0 Å². The number of carbonyl (C=O) groups is 1. The molecule has 5 heteroatoms. The summed E-state index contributed by atoms with van der Waals surface area (Å²) in [5.41, 5.74) is 6.48. The molecule has 0 aliphatic rings. The van der Waals surface area contributed by atoms with Gasteiger partial charge in [-0.15, -0.1) is 0 Å². The van der Waals surface area contributed by atoms with E-state index in [4.69, 9.17) is 15.6 Å². The van der Waals surface area contributed by atoms with Gasteiger partial charge in [-0.05, 0) is 12.1 Å². The van der Waals surface area contributed by atoms with Crippen molar-refractivity contribution in [2.75, 3.05) is 26.0 Å². The van der Waals surface area contributed by atoms with Gasteiger partial charge in [0.05, 0.1) is 12.2 Å². The van der Waals surface area contributed by atoms with Gasteiger partial charge < -0.3 is 20.9 Å². The van der Waals surface area contributed by atoms with Crippen LogP contribution in [-0.2, 0) is 0 Å². The highest BCUT2D eigenvalue weighted by atomic mass is 16.5. The summed E-state index contributed by atoms with van der Waals surface area (Å²) in [4.78, 5) is 11.4. The molecule has 0 bridgehead atoms. The van der Waals surface area contributed by atoms with E-state index in [1.165, 1.54) is 7.05 Å². The van der Waals surface area contributed by atoms with Gasteiger partial charge in [-0.2, -0.15) is 0 Å². The van der Waals surface area contributed by atoms with Crippen LogP contribution in [0.1, 0.15) is 10.4 Å². The van der Waals surface area contributed by atoms with Gasteiger partial charge in [-0.1, -0.05) is 0 Å². The van der Waals surface area contributed by atoms with Crippen molar-refractivity contribution < 1.29 is 14.6 Å². The van der Waals surface area contributed by atoms with Gasteiger partial charge in [0.25, 0.3) is 5.91 Å². The number of carbonyl (C=O) groups excluding carboxylic acids is 1. The number of aliphatic hydroxyl groups excluding tert-OH is 1. The van der Waals surface area contributed by atoms with E-state index in [0.717, 1.165) is 0 Å². The number of hydrogen-bond donors (Lipinski definition) is 3. The minimum absolute atomic E-state index is 0.109. The molecule has 0 saturated heterocycles. The van der Waals surface area contributed by atoms with Crippen LogP contribution in [0.3, 0.4) is 0 Å². The van der Waals surface area contributed by atoms with Gasteiger partial charge in [0.1, 0.15) is 12.4 Å². The predicted molar refractivity (Wildman–Crippen MR) is 56.8 cm³/mol. The fourth-order valence-electron chi connectivity index (χ4n) is 1.14. The van der Waals surface area contributed by atoms with Crippen molar-refractivity contribution >= 4 is 11.6 Å². The molecule has 0 saturated carbocycles. The lowest BCUT2D eigenvalue weighted by molar-refractivity contribution is 0.0957. The number of amides is 1. The van der Waals surface area contributed by atoms with Crippen LogP contribution < -0.4 is 15.8 Å². The van der Waals surface area contributed by atoms with Crippen LogP contribution in [0.2, 0.25) is 0 Å². The first-order valence-corrected chi connectivity index (χ1v) is 4.54. The summed E-state index contributed by atoms with van der Waals surface area (Å²) in [5, 5.41) is 11.1. The van der Waals surface area contributed by atoms with Crippen molar-refractivity contribution in [1.29, 1.82) is 0 Å². The number of hydrogen-bond acceptors (Lipinski definition) is 4. The maximum Gasteiger partial charge on any atom is 0.254 e. The third kappa shape index (κ3) is 2.85. The monoisotopic (exact) mass is 210 g/mol. The number of rotatable bonds is 4. The smallest absolute Gasteiger partial charge is 0.254 e. The average Bonchev–Trinajstić information content (AvgIpc) is 2.25. The lowest BCUT2D eigenvalue weighted by atomic mass is 10.1. The Morgan fingerprint density at radius 3 is 2.93 bits per heavy atom. The minimum atomic E-state index is -0.247. The zero-order chi connectivity index (χ0) is 11.3. The second kappa shape index (κ2) is 5.21. The molecule has 0 aliphatic heterocycles. The van der Waals surface area contributed by atoms with Gasteiger partial charge in [-0.25, -0.2) is 0 Å². The summed E-state index contributed by atoms with van der Waals surface area (Å²) in [5.74, 6) is 0.131. The summed E-state index contributed by atoms with van der Waals surface area (Å²) in [7, 11) is 1.54. The average molecular weight is 210 g/mol. The van der Waals surface area contributed by atoms with E-state index in [1.807, 2.05) is 0 Å². The summed E-state index contributed by atoms with van der Waals surface area (Å²) >= 11 is 0. The highest BCUT2D eigenvalue weighted by Gasteiger charge is 2.10. The fraction of sp³-hybridized carbons (Fsp3) is 0.300. The largest absolute Gasteiger partial charge is 0.490 e. The third-order valence-electron chi connectivity index (χ3n) is 1.83. The molecular formula is C10H14N2O3. The second-order valence-corrected chi connectivity index (χ2v) is 2.91. The van der Waals surface area contributed by atoms with Crippen LogP contribution in [0, 0.1) is 0 Å². The summed E-state index contributed by atoms with van der Waals surface area (Å²) in [6, 6.07) is 4.76. The molecule has 1 rings (SSSR count). The molecule has 0 aromatic heterocycles. The highest BCUT2D eigenvalue weighted by Crippen LogP contribution is 2.21. The van der Waals surface area contributed by atoms with Gasteiger partial charge >= 0.3 is 0 Å². The number of anilines is 1. The molecule has 0 aliphatic carbocycles. The molecule has 0 radical (unpaired) electrons.